The van der Waals surface area contributed by atoms with Crippen LogP contribution in [0.15, 0.2) is 71.8 Å². The molecular formula is C24H21N3O7. The van der Waals surface area contributed by atoms with Crippen molar-refractivity contribution in [2.24, 2.45) is 5.10 Å². The van der Waals surface area contributed by atoms with Gasteiger partial charge in [0.15, 0.2) is 12.4 Å². The molecule has 0 saturated carbocycles. The van der Waals surface area contributed by atoms with Crippen LogP contribution in [0.25, 0.3) is 11.1 Å². The molecule has 0 atom stereocenters. The smallest absolute Gasteiger partial charge is 0.323 e. The van der Waals surface area contributed by atoms with Crippen molar-refractivity contribution in [2.75, 3.05) is 13.7 Å². The van der Waals surface area contributed by atoms with E-state index in [2.05, 4.69) is 10.5 Å². The van der Waals surface area contributed by atoms with Crippen LogP contribution in [0.3, 0.4) is 0 Å². The Labute approximate surface area is 194 Å². The van der Waals surface area contributed by atoms with Gasteiger partial charge in [-0.3, -0.25) is 19.7 Å². The number of nitrogens with one attached hydrogen (secondary N) is 1. The van der Waals surface area contributed by atoms with Gasteiger partial charge in [0, 0.05) is 6.92 Å². The molecular weight excluding hydrogens is 442 g/mol. The number of ether oxygens (including phenoxy) is 3. The van der Waals surface area contributed by atoms with E-state index < -0.39 is 22.5 Å². The fourth-order valence-corrected chi connectivity index (χ4v) is 3.02. The number of carbonyl (C=O) groups excluding carboxylic acids is 2. The molecule has 0 aliphatic heterocycles. The van der Waals surface area contributed by atoms with Crippen molar-refractivity contribution in [3.8, 4) is 28.4 Å². The van der Waals surface area contributed by atoms with E-state index in [0.29, 0.717) is 5.75 Å². The Morgan fingerprint density at radius 1 is 1.03 bits per heavy atom. The Hall–Kier alpha value is -4.73. The fourth-order valence-electron chi connectivity index (χ4n) is 3.02. The van der Waals surface area contributed by atoms with Crippen LogP contribution in [0.4, 0.5) is 5.69 Å². The maximum atomic E-state index is 12.0. The number of nitrogens with zero attached hydrogens (tertiary/aromatic N) is 2. The summed E-state index contributed by atoms with van der Waals surface area (Å²) >= 11 is 0. The van der Waals surface area contributed by atoms with Crippen molar-refractivity contribution in [2.45, 2.75) is 6.92 Å². The number of rotatable bonds is 9. The number of methoxy groups -OCH3 is 1. The topological polar surface area (TPSA) is 129 Å². The summed E-state index contributed by atoms with van der Waals surface area (Å²) in [5, 5.41) is 15.3. The van der Waals surface area contributed by atoms with E-state index in [1.165, 1.54) is 19.2 Å². The van der Waals surface area contributed by atoms with Gasteiger partial charge in [-0.25, -0.2) is 5.43 Å². The molecule has 174 valence electrons. The van der Waals surface area contributed by atoms with Gasteiger partial charge in [0.2, 0.25) is 5.75 Å². The quantitative estimate of drug-likeness (QED) is 0.168. The maximum absolute atomic E-state index is 12.0. The van der Waals surface area contributed by atoms with Gasteiger partial charge >= 0.3 is 11.7 Å². The number of esters is 1. The minimum absolute atomic E-state index is 0.0375. The summed E-state index contributed by atoms with van der Waals surface area (Å²) in [7, 11) is 1.21. The molecule has 0 radical (unpaired) electrons. The Morgan fingerprint density at radius 2 is 1.71 bits per heavy atom. The molecule has 0 spiro atoms. The van der Waals surface area contributed by atoms with Crippen LogP contribution < -0.4 is 19.6 Å². The second-order valence-corrected chi connectivity index (χ2v) is 6.86. The second kappa shape index (κ2) is 11.2. The molecule has 0 fully saturated rings. The largest absolute Gasteiger partial charge is 0.488 e. The number of hydrogen-bond acceptors (Lipinski definition) is 8. The Bertz CT molecular complexity index is 1210. The first-order valence-electron chi connectivity index (χ1n) is 10.0. The van der Waals surface area contributed by atoms with E-state index in [0.717, 1.165) is 24.3 Å². The number of benzene rings is 3. The van der Waals surface area contributed by atoms with Gasteiger partial charge in [0.1, 0.15) is 5.75 Å². The number of nitro groups is 1. The van der Waals surface area contributed by atoms with E-state index in [4.69, 9.17) is 14.2 Å². The number of nitro benzene ring substituents is 1. The minimum atomic E-state index is -0.697. The molecule has 3 aromatic rings. The molecule has 3 aromatic carbocycles. The summed E-state index contributed by atoms with van der Waals surface area (Å²) in [4.78, 5) is 34.1. The molecule has 10 nitrogen and oxygen atoms in total. The van der Waals surface area contributed by atoms with E-state index in [9.17, 15) is 19.7 Å². The number of hydrogen-bond donors (Lipinski definition) is 1. The summed E-state index contributed by atoms with van der Waals surface area (Å²) in [5.41, 5.74) is 3.89. The third kappa shape index (κ3) is 6.16. The highest BCUT2D eigenvalue weighted by Crippen LogP contribution is 2.39. The van der Waals surface area contributed by atoms with Gasteiger partial charge in [-0.05, 0) is 35.4 Å². The summed E-state index contributed by atoms with van der Waals surface area (Å²) < 4.78 is 15.4. The summed E-state index contributed by atoms with van der Waals surface area (Å²) in [6.07, 6.45) is 1.09. The lowest BCUT2D eigenvalue weighted by atomic mass is 10.1. The SMILES string of the molecule is COc1c(OC(C)=O)ccc(C=NNC(=O)COc2ccc(-c3ccccc3)cc2)c1[N+](=O)[O-]. The van der Waals surface area contributed by atoms with E-state index in [1.54, 1.807) is 12.1 Å². The summed E-state index contributed by atoms with van der Waals surface area (Å²) in [6, 6.07) is 19.7. The average molecular weight is 463 g/mol. The zero-order valence-corrected chi connectivity index (χ0v) is 18.4. The molecule has 0 heterocycles. The molecule has 3 rings (SSSR count). The predicted molar refractivity (Wildman–Crippen MR) is 124 cm³/mol. The molecule has 0 unspecified atom stereocenters. The first-order chi connectivity index (χ1) is 16.4. The molecule has 0 bridgehead atoms. The van der Waals surface area contributed by atoms with Crippen molar-refractivity contribution in [1.82, 2.24) is 5.43 Å². The molecule has 1 N–H and O–H groups in total. The van der Waals surface area contributed by atoms with Crippen molar-refractivity contribution in [3.05, 3.63) is 82.4 Å². The fraction of sp³-hybridized carbons (Fsp3) is 0.125. The maximum Gasteiger partial charge on any atom is 0.323 e. The average Bonchev–Trinajstić information content (AvgIpc) is 2.83. The van der Waals surface area contributed by atoms with Crippen molar-refractivity contribution >= 4 is 23.8 Å². The third-order valence-electron chi connectivity index (χ3n) is 4.49. The zero-order chi connectivity index (χ0) is 24.5. The van der Waals surface area contributed by atoms with Crippen LogP contribution in [-0.2, 0) is 9.59 Å². The molecule has 0 aliphatic carbocycles. The van der Waals surface area contributed by atoms with E-state index >= 15 is 0 Å². The molecule has 0 saturated heterocycles. The lowest BCUT2D eigenvalue weighted by Crippen LogP contribution is -2.24. The zero-order valence-electron chi connectivity index (χ0n) is 18.4. The second-order valence-electron chi connectivity index (χ2n) is 6.86. The van der Waals surface area contributed by atoms with Gasteiger partial charge in [-0.1, -0.05) is 42.5 Å². The third-order valence-corrected chi connectivity index (χ3v) is 4.49. The van der Waals surface area contributed by atoms with Crippen LogP contribution in [-0.4, -0.2) is 36.7 Å². The molecule has 0 aromatic heterocycles. The lowest BCUT2D eigenvalue weighted by Gasteiger charge is -2.09. The monoisotopic (exact) mass is 463 g/mol. The van der Waals surface area contributed by atoms with Crippen molar-refractivity contribution < 1.29 is 28.7 Å². The normalized spacial score (nSPS) is 10.5. The number of amides is 1. The molecule has 10 heteroatoms. The molecule has 34 heavy (non-hydrogen) atoms. The highest BCUT2D eigenvalue weighted by molar-refractivity contribution is 5.90. The van der Waals surface area contributed by atoms with Gasteiger partial charge in [-0.2, -0.15) is 5.10 Å². The Kier molecular flexibility index (Phi) is 7.90. The van der Waals surface area contributed by atoms with Crippen LogP contribution in [0, 0.1) is 10.1 Å². The highest BCUT2D eigenvalue weighted by Gasteiger charge is 2.25. The van der Waals surface area contributed by atoms with E-state index in [-0.39, 0.29) is 23.7 Å². The van der Waals surface area contributed by atoms with Gasteiger partial charge in [-0.15, -0.1) is 0 Å². The van der Waals surface area contributed by atoms with Crippen LogP contribution in [0.5, 0.6) is 17.2 Å². The van der Waals surface area contributed by atoms with Gasteiger partial charge in [0.25, 0.3) is 5.91 Å². The Balaban J connectivity index is 1.61. The van der Waals surface area contributed by atoms with Crippen LogP contribution in [0.1, 0.15) is 12.5 Å². The first kappa shape index (κ1) is 23.9. The molecule has 1 amide bonds. The summed E-state index contributed by atoms with van der Waals surface area (Å²) in [6.45, 7) is 0.856. The predicted octanol–water partition coefficient (Wildman–Crippen LogP) is 3.72. The highest BCUT2D eigenvalue weighted by atomic mass is 16.6. The number of hydrazone groups is 1. The van der Waals surface area contributed by atoms with Crippen molar-refractivity contribution in [1.29, 1.82) is 0 Å². The standard InChI is InChI=1S/C24H21N3O7/c1-16(28)34-21-13-10-19(23(27(30)31)24(21)32-2)14-25-26-22(29)15-33-20-11-8-18(9-12-20)17-6-4-3-5-7-17/h3-14H,15H2,1-2H3,(H,26,29). The first-order valence-corrected chi connectivity index (χ1v) is 10.0. The van der Waals surface area contributed by atoms with Crippen LogP contribution in [0.2, 0.25) is 0 Å². The van der Waals surface area contributed by atoms with Gasteiger partial charge < -0.3 is 14.2 Å². The Morgan fingerprint density at radius 3 is 2.32 bits per heavy atom. The molecule has 0 aliphatic rings. The van der Waals surface area contributed by atoms with Gasteiger partial charge in [0.05, 0.1) is 23.8 Å². The lowest BCUT2D eigenvalue weighted by molar-refractivity contribution is -0.385. The van der Waals surface area contributed by atoms with Crippen LogP contribution >= 0.6 is 0 Å². The summed E-state index contributed by atoms with van der Waals surface area (Å²) in [5.74, 6) is -1.06. The van der Waals surface area contributed by atoms with Crippen molar-refractivity contribution in [3.63, 3.8) is 0 Å². The van der Waals surface area contributed by atoms with E-state index in [1.807, 2.05) is 42.5 Å². The minimum Gasteiger partial charge on any atom is -0.488 e. The number of carbonyl (C=O) groups is 2.